The number of aromatic nitrogens is 3. The second-order valence-electron chi connectivity index (χ2n) is 6.40. The number of nitrogens with one attached hydrogen (secondary N) is 1. The summed E-state index contributed by atoms with van der Waals surface area (Å²) in [6.07, 6.45) is 3.66. The fourth-order valence-electron chi connectivity index (χ4n) is 3.34. The minimum Gasteiger partial charge on any atom is -0.496 e. The number of amides is 1. The van der Waals surface area contributed by atoms with E-state index in [0.717, 1.165) is 16.8 Å². The van der Waals surface area contributed by atoms with Crippen molar-refractivity contribution in [1.29, 1.82) is 0 Å². The van der Waals surface area contributed by atoms with Crippen LogP contribution in [0.15, 0.2) is 65.7 Å². The van der Waals surface area contributed by atoms with Crippen LogP contribution in [0.5, 0.6) is 5.75 Å². The maximum atomic E-state index is 12.8. The van der Waals surface area contributed by atoms with E-state index < -0.39 is 0 Å². The molecule has 0 radical (unpaired) electrons. The Labute approximate surface area is 161 Å². The van der Waals surface area contributed by atoms with Gasteiger partial charge < -0.3 is 14.5 Å². The van der Waals surface area contributed by atoms with E-state index in [4.69, 9.17) is 4.74 Å². The van der Waals surface area contributed by atoms with Gasteiger partial charge in [0.2, 0.25) is 5.91 Å². The van der Waals surface area contributed by atoms with E-state index >= 15 is 0 Å². The first-order valence-corrected chi connectivity index (χ1v) is 9.02. The molecule has 0 aliphatic carbocycles. The number of fused-ring (bicyclic) bond motifs is 3. The predicted octanol–water partition coefficient (Wildman–Crippen LogP) is 2.36. The second kappa shape index (κ2) is 7.56. The lowest BCUT2D eigenvalue weighted by Gasteiger charge is -2.12. The number of para-hydroxylation sites is 1. The van der Waals surface area contributed by atoms with Crippen LogP contribution < -0.4 is 15.6 Å². The number of pyridine rings is 1. The number of hydrogen-bond donors (Lipinski definition) is 1. The fourth-order valence-corrected chi connectivity index (χ4v) is 3.34. The number of methoxy groups -OCH3 is 1. The molecule has 1 aromatic carbocycles. The van der Waals surface area contributed by atoms with Crippen molar-refractivity contribution in [3.63, 3.8) is 0 Å². The minimum absolute atomic E-state index is 0.142. The number of carbonyl (C=O) groups is 1. The molecule has 0 spiro atoms. The summed E-state index contributed by atoms with van der Waals surface area (Å²) in [4.78, 5) is 29.6. The summed E-state index contributed by atoms with van der Waals surface area (Å²) in [5.41, 5.74) is 2.70. The standard InChI is InChI=1S/C21H20N4O3/c1-28-18-9-3-2-6-15(18)14-23-19(26)10-13-25-20-16(7-4-11-22-20)24-12-5-8-17(24)21(25)27/h2-9,11-12H,10,13-14H2,1H3,(H,23,26). The number of carbonyl (C=O) groups excluding carboxylic acids is 1. The van der Waals surface area contributed by atoms with Crippen LogP contribution in [0, 0.1) is 0 Å². The topological polar surface area (TPSA) is 77.6 Å². The minimum atomic E-state index is -0.159. The smallest absolute Gasteiger partial charge is 0.276 e. The highest BCUT2D eigenvalue weighted by Crippen LogP contribution is 2.17. The Morgan fingerprint density at radius 1 is 1.11 bits per heavy atom. The molecule has 0 aliphatic heterocycles. The van der Waals surface area contributed by atoms with Gasteiger partial charge in [-0.2, -0.15) is 0 Å². The first-order valence-electron chi connectivity index (χ1n) is 9.02. The number of ether oxygens (including phenoxy) is 1. The van der Waals surface area contributed by atoms with Crippen molar-refractivity contribution >= 4 is 22.6 Å². The van der Waals surface area contributed by atoms with Gasteiger partial charge in [0, 0.05) is 37.5 Å². The molecule has 7 nitrogen and oxygen atoms in total. The first-order chi connectivity index (χ1) is 13.7. The van der Waals surface area contributed by atoms with Gasteiger partial charge in [-0.25, -0.2) is 4.98 Å². The molecule has 0 bridgehead atoms. The average Bonchev–Trinajstić information content (AvgIpc) is 3.23. The van der Waals surface area contributed by atoms with Crippen molar-refractivity contribution in [3.8, 4) is 5.75 Å². The van der Waals surface area contributed by atoms with Gasteiger partial charge >= 0.3 is 0 Å². The van der Waals surface area contributed by atoms with E-state index in [1.807, 2.05) is 53.1 Å². The molecule has 7 heteroatoms. The molecule has 0 unspecified atom stereocenters. The molecule has 0 fully saturated rings. The van der Waals surface area contributed by atoms with E-state index in [1.165, 1.54) is 0 Å². The molecule has 0 saturated heterocycles. The van der Waals surface area contributed by atoms with E-state index in [9.17, 15) is 9.59 Å². The maximum Gasteiger partial charge on any atom is 0.276 e. The second-order valence-corrected chi connectivity index (χ2v) is 6.40. The van der Waals surface area contributed by atoms with Crippen LogP contribution in [0.1, 0.15) is 12.0 Å². The molecule has 1 N–H and O–H groups in total. The third kappa shape index (κ3) is 3.22. The van der Waals surface area contributed by atoms with E-state index in [1.54, 1.807) is 23.9 Å². The molecule has 4 rings (SSSR count). The molecule has 142 valence electrons. The third-order valence-corrected chi connectivity index (χ3v) is 4.73. The zero-order valence-electron chi connectivity index (χ0n) is 15.5. The van der Waals surface area contributed by atoms with Gasteiger partial charge in [-0.1, -0.05) is 18.2 Å². The van der Waals surface area contributed by atoms with Crippen molar-refractivity contribution in [2.24, 2.45) is 0 Å². The van der Waals surface area contributed by atoms with Gasteiger partial charge in [-0.15, -0.1) is 0 Å². The zero-order chi connectivity index (χ0) is 19.5. The SMILES string of the molecule is COc1ccccc1CNC(=O)CCn1c(=O)c2cccn2c2cccnc21. The Morgan fingerprint density at radius 2 is 1.93 bits per heavy atom. The number of aryl methyl sites for hydroxylation is 1. The monoisotopic (exact) mass is 376 g/mol. The van der Waals surface area contributed by atoms with Crippen molar-refractivity contribution in [3.05, 3.63) is 76.8 Å². The molecule has 3 heterocycles. The summed E-state index contributed by atoms with van der Waals surface area (Å²) in [7, 11) is 1.60. The average molecular weight is 376 g/mol. The van der Waals surface area contributed by atoms with Crippen molar-refractivity contribution in [2.45, 2.75) is 19.5 Å². The van der Waals surface area contributed by atoms with Gasteiger partial charge in [0.25, 0.3) is 5.56 Å². The normalized spacial score (nSPS) is 11.0. The van der Waals surface area contributed by atoms with Crippen molar-refractivity contribution < 1.29 is 9.53 Å². The third-order valence-electron chi connectivity index (χ3n) is 4.73. The summed E-state index contributed by atoms with van der Waals surface area (Å²) < 4.78 is 8.68. The highest BCUT2D eigenvalue weighted by Gasteiger charge is 2.12. The maximum absolute atomic E-state index is 12.8. The van der Waals surface area contributed by atoms with Gasteiger partial charge in [0.1, 0.15) is 11.3 Å². The molecule has 0 aliphatic rings. The number of nitrogens with zero attached hydrogens (tertiary/aromatic N) is 3. The first kappa shape index (κ1) is 17.8. The Kier molecular flexibility index (Phi) is 4.80. The largest absolute Gasteiger partial charge is 0.496 e. The molecule has 3 aromatic heterocycles. The molecular weight excluding hydrogens is 356 g/mol. The quantitative estimate of drug-likeness (QED) is 0.560. The number of rotatable bonds is 6. The van der Waals surface area contributed by atoms with Crippen molar-refractivity contribution in [1.82, 2.24) is 19.3 Å². The Balaban J connectivity index is 1.53. The lowest BCUT2D eigenvalue weighted by atomic mass is 10.2. The van der Waals surface area contributed by atoms with Crippen LogP contribution in [-0.4, -0.2) is 27.0 Å². The van der Waals surface area contributed by atoms with E-state index in [2.05, 4.69) is 10.3 Å². The summed E-state index contributed by atoms with van der Waals surface area (Å²) >= 11 is 0. The Hall–Kier alpha value is -3.61. The van der Waals surface area contributed by atoms with Gasteiger partial charge in [0.05, 0.1) is 12.6 Å². The predicted molar refractivity (Wildman–Crippen MR) is 106 cm³/mol. The Morgan fingerprint density at radius 3 is 2.79 bits per heavy atom. The number of hydrogen-bond acceptors (Lipinski definition) is 4. The molecule has 0 atom stereocenters. The molecule has 4 aromatic rings. The molecule has 0 saturated carbocycles. The van der Waals surface area contributed by atoms with Gasteiger partial charge in [0.15, 0.2) is 5.65 Å². The van der Waals surface area contributed by atoms with Gasteiger partial charge in [-0.05, 0) is 30.3 Å². The summed E-state index contributed by atoms with van der Waals surface area (Å²) in [6.45, 7) is 0.625. The van der Waals surface area contributed by atoms with Crippen LogP contribution in [0.3, 0.4) is 0 Å². The van der Waals surface area contributed by atoms with Gasteiger partial charge in [-0.3, -0.25) is 14.2 Å². The lowest BCUT2D eigenvalue weighted by Crippen LogP contribution is -2.28. The molecular formula is C21H20N4O3. The highest BCUT2D eigenvalue weighted by atomic mass is 16.5. The lowest BCUT2D eigenvalue weighted by molar-refractivity contribution is -0.121. The fraction of sp³-hybridized carbons (Fsp3) is 0.190. The summed E-state index contributed by atoms with van der Waals surface area (Å²) in [6, 6.07) is 14.9. The van der Waals surface area contributed by atoms with Crippen LogP contribution >= 0.6 is 0 Å². The van der Waals surface area contributed by atoms with Crippen molar-refractivity contribution in [2.75, 3.05) is 7.11 Å². The molecule has 28 heavy (non-hydrogen) atoms. The van der Waals surface area contributed by atoms with Crippen LogP contribution in [-0.2, 0) is 17.9 Å². The summed E-state index contributed by atoms with van der Waals surface area (Å²) in [5.74, 6) is 0.588. The summed E-state index contributed by atoms with van der Waals surface area (Å²) in [5, 5.41) is 2.88. The van der Waals surface area contributed by atoms with Crippen LogP contribution in [0.4, 0.5) is 0 Å². The molecule has 1 amide bonds. The van der Waals surface area contributed by atoms with Crippen LogP contribution in [0.2, 0.25) is 0 Å². The van der Waals surface area contributed by atoms with Crippen LogP contribution in [0.25, 0.3) is 16.7 Å². The highest BCUT2D eigenvalue weighted by molar-refractivity contribution is 5.77. The number of benzene rings is 1. The Bertz CT molecular complexity index is 1210. The van der Waals surface area contributed by atoms with E-state index in [0.29, 0.717) is 17.7 Å². The van der Waals surface area contributed by atoms with E-state index in [-0.39, 0.29) is 24.4 Å². The zero-order valence-corrected chi connectivity index (χ0v) is 15.5.